The molecule has 0 saturated heterocycles. The molecule has 23 heavy (non-hydrogen) atoms. The minimum absolute atomic E-state index is 0.244. The average Bonchev–Trinajstić information content (AvgIpc) is 2.55. The lowest BCUT2D eigenvalue weighted by molar-refractivity contribution is -0.139. The van der Waals surface area contributed by atoms with E-state index in [1.54, 1.807) is 13.8 Å². The van der Waals surface area contributed by atoms with E-state index in [-0.39, 0.29) is 24.4 Å². The molecule has 5 nitrogen and oxygen atoms in total. The molecule has 1 aliphatic rings. The third kappa shape index (κ3) is 4.13. The lowest BCUT2D eigenvalue weighted by Crippen LogP contribution is -2.24. The summed E-state index contributed by atoms with van der Waals surface area (Å²) >= 11 is 2.19. The number of halogens is 1. The van der Waals surface area contributed by atoms with E-state index in [0.717, 1.165) is 9.13 Å². The zero-order valence-electron chi connectivity index (χ0n) is 12.9. The molecule has 0 saturated carbocycles. The lowest BCUT2D eigenvalue weighted by Gasteiger charge is -2.24. The van der Waals surface area contributed by atoms with E-state index in [9.17, 15) is 9.59 Å². The van der Waals surface area contributed by atoms with E-state index in [0.29, 0.717) is 0 Å². The molecule has 1 aliphatic heterocycles. The molecule has 0 fully saturated rings. The molecule has 122 valence electrons. The maximum Gasteiger partial charge on any atom is 0.338 e. The second kappa shape index (κ2) is 8.14. The van der Waals surface area contributed by atoms with Crippen LogP contribution in [0.25, 0.3) is 0 Å². The van der Waals surface area contributed by atoms with Crippen molar-refractivity contribution in [1.29, 1.82) is 0 Å². The molecule has 1 heterocycles. The number of rotatable bonds is 5. The molecule has 0 spiro atoms. The normalized spacial score (nSPS) is 14.4. The Balaban J connectivity index is 2.43. The van der Waals surface area contributed by atoms with Gasteiger partial charge in [0.2, 0.25) is 0 Å². The van der Waals surface area contributed by atoms with Gasteiger partial charge in [-0.15, -0.1) is 0 Å². The van der Waals surface area contributed by atoms with Crippen molar-refractivity contribution in [3.63, 3.8) is 0 Å². The molecule has 0 aromatic heterocycles. The number of hydrogen-bond acceptors (Lipinski definition) is 5. The van der Waals surface area contributed by atoms with Crippen LogP contribution >= 0.6 is 22.6 Å². The van der Waals surface area contributed by atoms with Crippen LogP contribution in [-0.4, -0.2) is 25.2 Å². The minimum atomic E-state index is -0.571. The maximum absolute atomic E-state index is 12.2. The second-order valence-corrected chi connectivity index (χ2v) is 5.95. The summed E-state index contributed by atoms with van der Waals surface area (Å²) in [7, 11) is 0. The largest absolute Gasteiger partial charge is 0.471 e. The fraction of sp³-hybridized carbons (Fsp3) is 0.294. The number of carbonyl (C=O) groups is 2. The van der Waals surface area contributed by atoms with Gasteiger partial charge in [0.25, 0.3) is 0 Å². The van der Waals surface area contributed by atoms with Crippen LogP contribution in [0.1, 0.15) is 25.3 Å². The molecule has 0 aliphatic carbocycles. The van der Waals surface area contributed by atoms with Crippen LogP contribution in [0.5, 0.6) is 0 Å². The van der Waals surface area contributed by atoms with Crippen LogP contribution in [0, 0.1) is 3.57 Å². The fourth-order valence-electron chi connectivity index (χ4n) is 2.26. The van der Waals surface area contributed by atoms with Crippen LogP contribution in [0.15, 0.2) is 47.9 Å². The smallest absolute Gasteiger partial charge is 0.338 e. The molecule has 0 unspecified atom stereocenters. The van der Waals surface area contributed by atoms with Crippen molar-refractivity contribution in [2.45, 2.75) is 19.8 Å². The van der Waals surface area contributed by atoms with Crippen LogP contribution in [0.3, 0.4) is 0 Å². The van der Waals surface area contributed by atoms with Crippen LogP contribution < -0.4 is 0 Å². The van der Waals surface area contributed by atoms with Gasteiger partial charge < -0.3 is 14.2 Å². The Morgan fingerprint density at radius 3 is 1.91 bits per heavy atom. The molecule has 2 rings (SSSR count). The van der Waals surface area contributed by atoms with Crippen molar-refractivity contribution < 1.29 is 23.8 Å². The maximum atomic E-state index is 12.2. The van der Waals surface area contributed by atoms with E-state index in [4.69, 9.17) is 14.2 Å². The van der Waals surface area contributed by atoms with Gasteiger partial charge in [0.15, 0.2) is 0 Å². The average molecular weight is 428 g/mol. The molecule has 0 N–H and O–H groups in total. The van der Waals surface area contributed by atoms with Gasteiger partial charge in [0.05, 0.1) is 30.3 Å². The van der Waals surface area contributed by atoms with Crippen LogP contribution in [0.2, 0.25) is 0 Å². The number of carbonyl (C=O) groups excluding carboxylic acids is 2. The summed E-state index contributed by atoms with van der Waals surface area (Å²) in [4.78, 5) is 24.4. The van der Waals surface area contributed by atoms with Crippen molar-refractivity contribution in [2.24, 2.45) is 0 Å². The summed E-state index contributed by atoms with van der Waals surface area (Å²) in [5.41, 5.74) is 1.35. The fourth-order valence-corrected chi connectivity index (χ4v) is 2.62. The highest BCUT2D eigenvalue weighted by molar-refractivity contribution is 14.1. The standard InChI is InChI=1S/C17H17IO5/c1-3-22-16(19)13-9-21-10-14(17(20)23-4-2)15(13)11-5-7-12(18)8-6-11/h5-10,15H,3-4H2,1-2H3. The number of ether oxygens (including phenoxy) is 3. The SMILES string of the molecule is CCOC(=O)C1=COC=C(C(=O)OCC)C1c1ccc(I)cc1. The Morgan fingerprint density at radius 2 is 1.48 bits per heavy atom. The Labute approximate surface area is 148 Å². The number of benzene rings is 1. The summed E-state index contributed by atoms with van der Waals surface area (Å²) < 4.78 is 16.4. The van der Waals surface area contributed by atoms with E-state index in [1.165, 1.54) is 12.5 Å². The van der Waals surface area contributed by atoms with Crippen molar-refractivity contribution in [3.8, 4) is 0 Å². The highest BCUT2D eigenvalue weighted by Crippen LogP contribution is 2.36. The van der Waals surface area contributed by atoms with Crippen molar-refractivity contribution in [2.75, 3.05) is 13.2 Å². The first-order valence-electron chi connectivity index (χ1n) is 7.23. The van der Waals surface area contributed by atoms with Gasteiger partial charge in [-0.2, -0.15) is 0 Å². The predicted molar refractivity (Wildman–Crippen MR) is 92.4 cm³/mol. The minimum Gasteiger partial charge on any atom is -0.471 e. The quantitative estimate of drug-likeness (QED) is 0.532. The van der Waals surface area contributed by atoms with Gasteiger partial charge in [-0.3, -0.25) is 0 Å². The molecule has 1 aromatic rings. The third-order valence-electron chi connectivity index (χ3n) is 3.24. The predicted octanol–water partition coefficient (Wildman–Crippen LogP) is 3.30. The topological polar surface area (TPSA) is 61.8 Å². The monoisotopic (exact) mass is 428 g/mol. The highest BCUT2D eigenvalue weighted by Gasteiger charge is 2.34. The van der Waals surface area contributed by atoms with Gasteiger partial charge in [0.1, 0.15) is 12.5 Å². The highest BCUT2D eigenvalue weighted by atomic mass is 127. The summed E-state index contributed by atoms with van der Waals surface area (Å²) in [5.74, 6) is -1.59. The van der Waals surface area contributed by atoms with Crippen LogP contribution in [0.4, 0.5) is 0 Å². The van der Waals surface area contributed by atoms with Crippen molar-refractivity contribution >= 4 is 34.5 Å². The zero-order chi connectivity index (χ0) is 16.8. The molecule has 0 amide bonds. The van der Waals surface area contributed by atoms with Gasteiger partial charge >= 0.3 is 11.9 Å². The Morgan fingerprint density at radius 1 is 1.00 bits per heavy atom. The summed E-state index contributed by atoms with van der Waals surface area (Å²) in [6.45, 7) is 3.94. The molecule has 6 heteroatoms. The van der Waals surface area contributed by atoms with E-state index < -0.39 is 17.9 Å². The Kier molecular flexibility index (Phi) is 6.20. The van der Waals surface area contributed by atoms with E-state index >= 15 is 0 Å². The molecular formula is C17H17IO5. The molecule has 0 atom stereocenters. The molecule has 1 aromatic carbocycles. The first-order chi connectivity index (χ1) is 11.1. The lowest BCUT2D eigenvalue weighted by atomic mass is 9.84. The molecule has 0 radical (unpaired) electrons. The molecule has 0 bridgehead atoms. The van der Waals surface area contributed by atoms with E-state index in [1.807, 2.05) is 24.3 Å². The zero-order valence-corrected chi connectivity index (χ0v) is 15.0. The molecular weight excluding hydrogens is 411 g/mol. The van der Waals surface area contributed by atoms with E-state index in [2.05, 4.69) is 22.6 Å². The summed E-state index contributed by atoms with van der Waals surface area (Å²) in [5, 5.41) is 0. The van der Waals surface area contributed by atoms with Gasteiger partial charge in [-0.25, -0.2) is 9.59 Å². The first kappa shape index (κ1) is 17.5. The van der Waals surface area contributed by atoms with Gasteiger partial charge in [-0.05, 0) is 54.1 Å². The first-order valence-corrected chi connectivity index (χ1v) is 8.31. The van der Waals surface area contributed by atoms with Gasteiger partial charge in [0, 0.05) is 3.57 Å². The number of hydrogen-bond donors (Lipinski definition) is 0. The Hall–Kier alpha value is -1.83. The second-order valence-electron chi connectivity index (χ2n) is 4.71. The third-order valence-corrected chi connectivity index (χ3v) is 3.96. The van der Waals surface area contributed by atoms with Crippen molar-refractivity contribution in [1.82, 2.24) is 0 Å². The summed E-state index contributed by atoms with van der Waals surface area (Å²) in [6, 6.07) is 7.57. The van der Waals surface area contributed by atoms with Crippen LogP contribution in [-0.2, 0) is 23.8 Å². The van der Waals surface area contributed by atoms with Crippen molar-refractivity contribution in [3.05, 3.63) is 57.1 Å². The van der Waals surface area contributed by atoms with Gasteiger partial charge in [-0.1, -0.05) is 12.1 Å². The summed E-state index contributed by atoms with van der Waals surface area (Å²) in [6.07, 6.45) is 2.65. The number of esters is 2. The Bertz CT molecular complexity index is 611.